The van der Waals surface area contributed by atoms with Crippen LogP contribution in [-0.4, -0.2) is 36.3 Å². The number of rotatable bonds is 6. The molecule has 1 aliphatic carbocycles. The number of fused-ring (bicyclic) bond motifs is 1. The van der Waals surface area contributed by atoms with Crippen molar-refractivity contribution in [2.24, 2.45) is 5.41 Å². The van der Waals surface area contributed by atoms with Crippen molar-refractivity contribution in [2.75, 3.05) is 19.6 Å². The number of hydrogen-bond acceptors (Lipinski definition) is 2. The summed E-state index contributed by atoms with van der Waals surface area (Å²) in [4.78, 5) is 26.8. The number of amides is 2. The molecule has 0 bridgehead atoms. The molecule has 1 unspecified atom stereocenters. The molecule has 1 atom stereocenters. The van der Waals surface area contributed by atoms with Crippen LogP contribution in [-0.2, 0) is 11.2 Å². The van der Waals surface area contributed by atoms with Crippen LogP contribution in [0.4, 0.5) is 0 Å². The van der Waals surface area contributed by atoms with Crippen LogP contribution in [0.25, 0.3) is 6.08 Å². The van der Waals surface area contributed by atoms with Crippen molar-refractivity contribution in [1.82, 2.24) is 10.2 Å². The zero-order valence-corrected chi connectivity index (χ0v) is 15.2. The monoisotopic (exact) mass is 328 g/mol. The van der Waals surface area contributed by atoms with Crippen LogP contribution in [0.1, 0.15) is 55.6 Å². The normalized spacial score (nSPS) is 18.8. The Balaban J connectivity index is 2.30. The lowest BCUT2D eigenvalue weighted by Crippen LogP contribution is -2.41. The third-order valence-corrected chi connectivity index (χ3v) is 4.95. The number of carbonyl (C=O) groups is 2. The van der Waals surface area contributed by atoms with Crippen molar-refractivity contribution in [3.8, 4) is 0 Å². The quantitative estimate of drug-likeness (QED) is 0.871. The van der Waals surface area contributed by atoms with Crippen molar-refractivity contribution in [2.45, 2.75) is 40.5 Å². The van der Waals surface area contributed by atoms with Gasteiger partial charge in [0.25, 0.3) is 5.91 Å². The Morgan fingerprint density at radius 2 is 1.88 bits per heavy atom. The van der Waals surface area contributed by atoms with E-state index in [1.807, 2.05) is 62.9 Å². The highest BCUT2D eigenvalue weighted by atomic mass is 16.2. The van der Waals surface area contributed by atoms with Crippen LogP contribution < -0.4 is 5.32 Å². The lowest BCUT2D eigenvalue weighted by Gasteiger charge is -2.32. The maximum absolute atomic E-state index is 12.5. The molecule has 1 N–H and O–H groups in total. The number of benzene rings is 1. The maximum Gasteiger partial charge on any atom is 0.253 e. The summed E-state index contributed by atoms with van der Waals surface area (Å²) in [7, 11) is 0. The van der Waals surface area contributed by atoms with Crippen molar-refractivity contribution < 1.29 is 9.59 Å². The molecular formula is C20H28N2O2. The summed E-state index contributed by atoms with van der Waals surface area (Å²) in [6.07, 6.45) is 5.44. The van der Waals surface area contributed by atoms with Gasteiger partial charge in [0, 0.05) is 25.2 Å². The molecule has 130 valence electrons. The van der Waals surface area contributed by atoms with Crippen molar-refractivity contribution >= 4 is 17.9 Å². The average molecular weight is 328 g/mol. The van der Waals surface area contributed by atoms with E-state index in [-0.39, 0.29) is 11.8 Å². The summed E-state index contributed by atoms with van der Waals surface area (Å²) in [6.45, 7) is 10.0. The van der Waals surface area contributed by atoms with Gasteiger partial charge in [-0.05, 0) is 56.9 Å². The van der Waals surface area contributed by atoms with Gasteiger partial charge in [-0.15, -0.1) is 0 Å². The Kier molecular flexibility index (Phi) is 5.81. The number of nitrogens with zero attached hydrogens (tertiary/aromatic N) is 1. The summed E-state index contributed by atoms with van der Waals surface area (Å²) in [5.41, 5.74) is 2.40. The van der Waals surface area contributed by atoms with Crippen molar-refractivity contribution in [3.63, 3.8) is 0 Å². The van der Waals surface area contributed by atoms with Gasteiger partial charge in [-0.25, -0.2) is 0 Å². The van der Waals surface area contributed by atoms with Gasteiger partial charge in [0.1, 0.15) is 0 Å². The molecule has 1 aliphatic rings. The van der Waals surface area contributed by atoms with Gasteiger partial charge in [-0.1, -0.05) is 25.1 Å². The second kappa shape index (κ2) is 7.65. The molecule has 24 heavy (non-hydrogen) atoms. The Morgan fingerprint density at radius 1 is 1.17 bits per heavy atom. The first-order chi connectivity index (χ1) is 11.5. The molecule has 2 rings (SSSR count). The largest absolute Gasteiger partial charge is 0.356 e. The van der Waals surface area contributed by atoms with Gasteiger partial charge < -0.3 is 10.2 Å². The molecule has 0 spiro atoms. The van der Waals surface area contributed by atoms with Gasteiger partial charge in [-0.3, -0.25) is 9.59 Å². The highest BCUT2D eigenvalue weighted by Crippen LogP contribution is 2.36. The maximum atomic E-state index is 12.5. The van der Waals surface area contributed by atoms with E-state index in [9.17, 15) is 9.59 Å². The van der Waals surface area contributed by atoms with Crippen molar-refractivity contribution in [1.29, 1.82) is 0 Å². The summed E-state index contributed by atoms with van der Waals surface area (Å²) in [5.74, 6) is 0.143. The number of hydrogen-bond donors (Lipinski definition) is 1. The SMILES string of the molecule is CCNC(=O)C1(CC)C=Cc2cc(C(=O)N(CC)CC)ccc2C1. The van der Waals surface area contributed by atoms with E-state index in [4.69, 9.17) is 0 Å². The van der Waals surface area contributed by atoms with Gasteiger partial charge in [0.2, 0.25) is 5.91 Å². The smallest absolute Gasteiger partial charge is 0.253 e. The fourth-order valence-electron chi connectivity index (χ4n) is 3.28. The third-order valence-electron chi connectivity index (χ3n) is 4.95. The average Bonchev–Trinajstić information content (AvgIpc) is 2.61. The van der Waals surface area contributed by atoms with Crippen LogP contribution in [0, 0.1) is 5.41 Å². The fraction of sp³-hybridized carbons (Fsp3) is 0.500. The lowest BCUT2D eigenvalue weighted by molar-refractivity contribution is -0.128. The Hall–Kier alpha value is -2.10. The standard InChI is InChI=1S/C20H28N2O2/c1-5-20(19(24)21-6-2)12-11-15-13-16(9-10-17(15)14-20)18(23)22(7-3)8-4/h9-13H,5-8,14H2,1-4H3,(H,21,24). The Bertz CT molecular complexity index is 647. The minimum atomic E-state index is -0.479. The predicted octanol–water partition coefficient (Wildman–Crippen LogP) is 3.27. The van der Waals surface area contributed by atoms with E-state index < -0.39 is 5.41 Å². The van der Waals surface area contributed by atoms with Gasteiger partial charge >= 0.3 is 0 Å². The molecule has 1 aromatic carbocycles. The molecule has 0 saturated carbocycles. The van der Waals surface area contributed by atoms with Crippen LogP contribution >= 0.6 is 0 Å². The van der Waals surface area contributed by atoms with E-state index in [1.165, 1.54) is 0 Å². The minimum absolute atomic E-state index is 0.0623. The fourth-order valence-corrected chi connectivity index (χ4v) is 3.28. The highest BCUT2D eigenvalue weighted by Gasteiger charge is 2.36. The van der Waals surface area contributed by atoms with Gasteiger partial charge in [-0.2, -0.15) is 0 Å². The molecule has 0 fully saturated rings. The minimum Gasteiger partial charge on any atom is -0.356 e. The summed E-state index contributed by atoms with van der Waals surface area (Å²) >= 11 is 0. The van der Waals surface area contributed by atoms with Gasteiger partial charge in [0.15, 0.2) is 0 Å². The van der Waals surface area contributed by atoms with E-state index in [0.29, 0.717) is 31.6 Å². The van der Waals surface area contributed by atoms with Crippen molar-refractivity contribution in [3.05, 3.63) is 41.0 Å². The zero-order valence-electron chi connectivity index (χ0n) is 15.2. The summed E-state index contributed by atoms with van der Waals surface area (Å²) in [5, 5.41) is 2.95. The molecule has 0 heterocycles. The topological polar surface area (TPSA) is 49.4 Å². The molecule has 1 aromatic rings. The molecule has 0 aromatic heterocycles. The third kappa shape index (κ3) is 3.37. The molecule has 4 nitrogen and oxygen atoms in total. The predicted molar refractivity (Wildman–Crippen MR) is 97.8 cm³/mol. The summed E-state index contributed by atoms with van der Waals surface area (Å²) in [6, 6.07) is 5.83. The highest BCUT2D eigenvalue weighted by molar-refractivity contribution is 5.95. The first kappa shape index (κ1) is 18.2. The second-order valence-corrected chi connectivity index (χ2v) is 6.27. The van der Waals surface area contributed by atoms with Crippen LogP contribution in [0.5, 0.6) is 0 Å². The Morgan fingerprint density at radius 3 is 2.46 bits per heavy atom. The number of carbonyl (C=O) groups excluding carboxylic acids is 2. The Labute approximate surface area is 144 Å². The van der Waals surface area contributed by atoms with E-state index in [0.717, 1.165) is 17.5 Å². The molecule has 0 radical (unpaired) electrons. The molecule has 0 saturated heterocycles. The van der Waals surface area contributed by atoms with E-state index in [2.05, 4.69) is 5.32 Å². The van der Waals surface area contributed by atoms with Crippen LogP contribution in [0.15, 0.2) is 24.3 Å². The van der Waals surface area contributed by atoms with Gasteiger partial charge in [0.05, 0.1) is 5.41 Å². The zero-order chi connectivity index (χ0) is 17.7. The van der Waals surface area contributed by atoms with Crippen LogP contribution in [0.3, 0.4) is 0 Å². The molecular weight excluding hydrogens is 300 g/mol. The molecule has 0 aliphatic heterocycles. The van der Waals surface area contributed by atoms with E-state index in [1.54, 1.807) is 0 Å². The molecule has 2 amide bonds. The molecule has 4 heteroatoms. The second-order valence-electron chi connectivity index (χ2n) is 6.27. The van der Waals surface area contributed by atoms with Crippen LogP contribution in [0.2, 0.25) is 0 Å². The number of nitrogens with one attached hydrogen (secondary N) is 1. The summed E-state index contributed by atoms with van der Waals surface area (Å²) < 4.78 is 0. The lowest BCUT2D eigenvalue weighted by atomic mass is 9.73. The first-order valence-corrected chi connectivity index (χ1v) is 8.91. The first-order valence-electron chi connectivity index (χ1n) is 8.91. The van der Waals surface area contributed by atoms with E-state index >= 15 is 0 Å².